The van der Waals surface area contributed by atoms with Crippen molar-refractivity contribution in [2.45, 2.75) is 12.6 Å². The number of benzene rings is 2. The average molecular weight is 421 g/mol. The fourth-order valence-corrected chi connectivity index (χ4v) is 2.86. The zero-order valence-corrected chi connectivity index (χ0v) is 16.2. The number of para-hydroxylation sites is 1. The number of rotatable bonds is 6. The molecule has 0 atom stereocenters. The van der Waals surface area contributed by atoms with Crippen LogP contribution in [-0.4, -0.2) is 27.2 Å². The van der Waals surface area contributed by atoms with Gasteiger partial charge in [0.05, 0.1) is 16.8 Å². The summed E-state index contributed by atoms with van der Waals surface area (Å²) in [4.78, 5) is 12.6. The third-order valence-corrected chi connectivity index (χ3v) is 4.61. The van der Waals surface area contributed by atoms with E-state index in [0.717, 1.165) is 12.1 Å². The minimum absolute atomic E-state index is 0.238. The molecule has 0 fully saturated rings. The van der Waals surface area contributed by atoms with Crippen molar-refractivity contribution in [3.05, 3.63) is 70.3 Å². The molecule has 0 saturated heterocycles. The van der Waals surface area contributed by atoms with E-state index in [1.807, 2.05) is 0 Å². The highest BCUT2D eigenvalue weighted by Crippen LogP contribution is 2.31. The fourth-order valence-electron chi connectivity index (χ4n) is 2.71. The number of H-pyrrole nitrogens is 1. The highest BCUT2D eigenvalue weighted by Gasteiger charge is 2.30. The average Bonchev–Trinajstić information content (AvgIpc) is 3.00. The molecule has 0 bridgehead atoms. The van der Waals surface area contributed by atoms with Gasteiger partial charge in [0.15, 0.2) is 4.77 Å². The molecule has 0 saturated carbocycles. The SMILES string of the molecule is Cn1c(CCNC(=O)c2ccccc2Nc2cccc(C(F)(F)F)c2)n[nH]c1=S. The van der Waals surface area contributed by atoms with E-state index in [1.54, 1.807) is 35.9 Å². The lowest BCUT2D eigenvalue weighted by molar-refractivity contribution is -0.137. The number of carbonyl (C=O) groups is 1. The normalized spacial score (nSPS) is 11.3. The Labute approximate surface area is 169 Å². The van der Waals surface area contributed by atoms with E-state index < -0.39 is 11.7 Å². The lowest BCUT2D eigenvalue weighted by Gasteiger charge is -2.14. The maximum Gasteiger partial charge on any atom is 0.416 e. The fraction of sp³-hybridized carbons (Fsp3) is 0.211. The zero-order chi connectivity index (χ0) is 21.0. The van der Waals surface area contributed by atoms with Gasteiger partial charge in [-0.05, 0) is 42.5 Å². The van der Waals surface area contributed by atoms with Gasteiger partial charge in [-0.15, -0.1) is 0 Å². The van der Waals surface area contributed by atoms with Gasteiger partial charge in [-0.1, -0.05) is 18.2 Å². The molecule has 10 heteroatoms. The van der Waals surface area contributed by atoms with Gasteiger partial charge >= 0.3 is 6.18 Å². The number of hydrogen-bond donors (Lipinski definition) is 3. The van der Waals surface area contributed by atoms with Crippen LogP contribution in [0.2, 0.25) is 0 Å². The monoisotopic (exact) mass is 421 g/mol. The number of nitrogens with zero attached hydrogens (tertiary/aromatic N) is 2. The Balaban J connectivity index is 1.71. The molecule has 0 aliphatic carbocycles. The van der Waals surface area contributed by atoms with Gasteiger partial charge in [0.2, 0.25) is 0 Å². The Bertz CT molecular complexity index is 1070. The van der Waals surface area contributed by atoms with Crippen LogP contribution >= 0.6 is 12.2 Å². The van der Waals surface area contributed by atoms with E-state index in [-0.39, 0.29) is 11.6 Å². The van der Waals surface area contributed by atoms with E-state index in [1.165, 1.54) is 12.1 Å². The molecule has 0 aliphatic heterocycles. The third-order valence-electron chi connectivity index (χ3n) is 4.25. The number of carbonyl (C=O) groups excluding carboxylic acids is 1. The van der Waals surface area contributed by atoms with Crippen molar-refractivity contribution in [3.63, 3.8) is 0 Å². The number of aromatic amines is 1. The van der Waals surface area contributed by atoms with Crippen LogP contribution in [0.3, 0.4) is 0 Å². The van der Waals surface area contributed by atoms with E-state index in [2.05, 4.69) is 20.8 Å². The van der Waals surface area contributed by atoms with Gasteiger partial charge in [-0.3, -0.25) is 9.89 Å². The van der Waals surface area contributed by atoms with E-state index in [4.69, 9.17) is 12.2 Å². The molecule has 3 rings (SSSR count). The first-order valence-electron chi connectivity index (χ1n) is 8.67. The lowest BCUT2D eigenvalue weighted by atomic mass is 10.1. The zero-order valence-electron chi connectivity index (χ0n) is 15.4. The van der Waals surface area contributed by atoms with Crippen LogP contribution in [0.25, 0.3) is 0 Å². The van der Waals surface area contributed by atoms with Crippen LogP contribution in [0, 0.1) is 4.77 Å². The Morgan fingerprint density at radius 2 is 1.97 bits per heavy atom. The number of anilines is 2. The number of alkyl halides is 3. The van der Waals surface area contributed by atoms with E-state index in [9.17, 15) is 18.0 Å². The van der Waals surface area contributed by atoms with Crippen molar-refractivity contribution in [1.29, 1.82) is 0 Å². The predicted molar refractivity (Wildman–Crippen MR) is 106 cm³/mol. The molecule has 6 nitrogen and oxygen atoms in total. The van der Waals surface area contributed by atoms with Crippen molar-refractivity contribution in [2.24, 2.45) is 7.05 Å². The number of hydrogen-bond acceptors (Lipinski definition) is 4. The largest absolute Gasteiger partial charge is 0.416 e. The second kappa shape index (κ2) is 8.48. The highest BCUT2D eigenvalue weighted by atomic mass is 32.1. The Morgan fingerprint density at radius 3 is 2.66 bits per heavy atom. The van der Waals surface area contributed by atoms with Gasteiger partial charge in [0, 0.05) is 25.7 Å². The highest BCUT2D eigenvalue weighted by molar-refractivity contribution is 7.71. The summed E-state index contributed by atoms with van der Waals surface area (Å²) in [5, 5.41) is 12.4. The van der Waals surface area contributed by atoms with Crippen LogP contribution in [0.4, 0.5) is 24.5 Å². The topological polar surface area (TPSA) is 74.7 Å². The van der Waals surface area contributed by atoms with Crippen molar-refractivity contribution < 1.29 is 18.0 Å². The minimum atomic E-state index is -4.44. The molecule has 1 heterocycles. The second-order valence-electron chi connectivity index (χ2n) is 6.26. The summed E-state index contributed by atoms with van der Waals surface area (Å²) >= 11 is 5.04. The van der Waals surface area contributed by atoms with Crippen molar-refractivity contribution >= 4 is 29.5 Å². The smallest absolute Gasteiger partial charge is 0.355 e. The molecule has 0 aliphatic rings. The van der Waals surface area contributed by atoms with Crippen LogP contribution in [0.5, 0.6) is 0 Å². The van der Waals surface area contributed by atoms with Crippen LogP contribution in [0.15, 0.2) is 48.5 Å². The maximum absolute atomic E-state index is 12.9. The van der Waals surface area contributed by atoms with Crippen molar-refractivity contribution in [3.8, 4) is 0 Å². The third kappa shape index (κ3) is 5.02. The van der Waals surface area contributed by atoms with Crippen molar-refractivity contribution in [2.75, 3.05) is 11.9 Å². The van der Waals surface area contributed by atoms with E-state index in [0.29, 0.717) is 34.8 Å². The maximum atomic E-state index is 12.9. The number of halogens is 3. The number of amides is 1. The molecule has 152 valence electrons. The summed E-state index contributed by atoms with van der Waals surface area (Å²) < 4.78 is 40.9. The molecule has 29 heavy (non-hydrogen) atoms. The van der Waals surface area contributed by atoms with Crippen LogP contribution in [-0.2, 0) is 19.6 Å². The number of aromatic nitrogens is 3. The summed E-state index contributed by atoms with van der Waals surface area (Å²) in [5.74, 6) is 0.350. The minimum Gasteiger partial charge on any atom is -0.355 e. The van der Waals surface area contributed by atoms with Gasteiger partial charge in [-0.25, -0.2) is 0 Å². The van der Waals surface area contributed by atoms with E-state index >= 15 is 0 Å². The van der Waals surface area contributed by atoms with Crippen molar-refractivity contribution in [1.82, 2.24) is 20.1 Å². The van der Waals surface area contributed by atoms with Gasteiger partial charge in [0.25, 0.3) is 5.91 Å². The van der Waals surface area contributed by atoms with Crippen LogP contribution in [0.1, 0.15) is 21.7 Å². The van der Waals surface area contributed by atoms with Gasteiger partial charge in [0.1, 0.15) is 5.82 Å². The number of nitrogens with one attached hydrogen (secondary N) is 3. The summed E-state index contributed by atoms with van der Waals surface area (Å²) in [6.45, 7) is 0.324. The summed E-state index contributed by atoms with van der Waals surface area (Å²) in [6, 6.07) is 11.4. The predicted octanol–water partition coefficient (Wildman–Crippen LogP) is 4.21. The summed E-state index contributed by atoms with van der Waals surface area (Å²) in [6.07, 6.45) is -3.97. The summed E-state index contributed by atoms with van der Waals surface area (Å²) in [5.41, 5.74) is 0.196. The molecule has 2 aromatic carbocycles. The first-order valence-corrected chi connectivity index (χ1v) is 9.08. The van der Waals surface area contributed by atoms with Crippen LogP contribution < -0.4 is 10.6 Å². The molecule has 0 spiro atoms. The summed E-state index contributed by atoms with van der Waals surface area (Å²) in [7, 11) is 1.78. The second-order valence-corrected chi connectivity index (χ2v) is 6.65. The Hall–Kier alpha value is -3.14. The molecule has 1 amide bonds. The molecule has 0 unspecified atom stereocenters. The van der Waals surface area contributed by atoms with Gasteiger partial charge < -0.3 is 15.2 Å². The molecule has 1 aromatic heterocycles. The first-order chi connectivity index (χ1) is 13.8. The molecule has 3 N–H and O–H groups in total. The lowest BCUT2D eigenvalue weighted by Crippen LogP contribution is -2.27. The standard InChI is InChI=1S/C19H18F3N5OS/c1-27-16(25-26-18(27)29)9-10-23-17(28)14-7-2-3-8-15(14)24-13-6-4-5-12(11-13)19(20,21)22/h2-8,11,24H,9-10H2,1H3,(H,23,28)(H,26,29). The molecule has 0 radical (unpaired) electrons. The van der Waals surface area contributed by atoms with Gasteiger partial charge in [-0.2, -0.15) is 18.3 Å². The Kier molecular flexibility index (Phi) is 6.02. The molecular formula is C19H18F3N5OS. The molecule has 3 aromatic rings. The Morgan fingerprint density at radius 1 is 1.21 bits per heavy atom. The first kappa shape index (κ1) is 20.6. The quantitative estimate of drug-likeness (QED) is 0.521. The molecular weight excluding hydrogens is 403 g/mol.